The Morgan fingerprint density at radius 3 is 2.77 bits per heavy atom. The lowest BCUT2D eigenvalue weighted by atomic mass is 10.1. The van der Waals surface area contributed by atoms with Crippen LogP contribution in [-0.4, -0.2) is 50.1 Å². The molecule has 0 aromatic carbocycles. The van der Waals surface area contributed by atoms with E-state index in [0.29, 0.717) is 0 Å². The van der Waals surface area contributed by atoms with Crippen molar-refractivity contribution in [3.8, 4) is 0 Å². The number of aliphatic imine (C=N–C) groups is 1. The highest BCUT2D eigenvalue weighted by Crippen LogP contribution is 2.07. The molecule has 0 saturated carbocycles. The standard InChI is InChI=1S/C16H28N4O.HI/c1-2-17-16(18-9-8-15-7-6-14-21-15)19-10-13-20-11-4-3-5-12-20;/h6-7,14H,2-5,8-13H2,1H3,(H2,17,18,19);1H. The van der Waals surface area contributed by atoms with Gasteiger partial charge in [-0.15, -0.1) is 24.0 Å². The molecule has 22 heavy (non-hydrogen) atoms. The summed E-state index contributed by atoms with van der Waals surface area (Å²) in [6, 6.07) is 3.93. The molecule has 1 aromatic rings. The van der Waals surface area contributed by atoms with E-state index in [1.807, 2.05) is 12.1 Å². The smallest absolute Gasteiger partial charge is 0.191 e. The van der Waals surface area contributed by atoms with Gasteiger partial charge in [0.15, 0.2) is 5.96 Å². The Balaban J connectivity index is 0.00000242. The van der Waals surface area contributed by atoms with E-state index in [0.717, 1.165) is 44.3 Å². The van der Waals surface area contributed by atoms with E-state index in [-0.39, 0.29) is 24.0 Å². The number of nitrogens with one attached hydrogen (secondary N) is 2. The summed E-state index contributed by atoms with van der Waals surface area (Å²) in [5, 5.41) is 6.65. The molecule has 0 unspecified atom stereocenters. The second-order valence-corrected chi connectivity index (χ2v) is 5.42. The summed E-state index contributed by atoms with van der Waals surface area (Å²) in [5.74, 6) is 1.91. The van der Waals surface area contributed by atoms with Crippen LogP contribution in [0, 0.1) is 0 Å². The molecule has 5 nitrogen and oxygen atoms in total. The van der Waals surface area contributed by atoms with Gasteiger partial charge in [-0.3, -0.25) is 4.99 Å². The maximum Gasteiger partial charge on any atom is 0.191 e. The van der Waals surface area contributed by atoms with E-state index in [2.05, 4.69) is 27.4 Å². The van der Waals surface area contributed by atoms with Crippen molar-refractivity contribution in [3.05, 3.63) is 24.2 Å². The fraction of sp³-hybridized carbons (Fsp3) is 0.688. The SMILES string of the molecule is CCNC(=NCCN1CCCCC1)NCCc1ccco1.I. The number of likely N-dealkylation sites (tertiary alicyclic amines) is 1. The van der Waals surface area contributed by atoms with Crippen molar-refractivity contribution in [2.45, 2.75) is 32.6 Å². The Kier molecular flexibility index (Phi) is 10.3. The van der Waals surface area contributed by atoms with Gasteiger partial charge in [0.2, 0.25) is 0 Å². The summed E-state index contributed by atoms with van der Waals surface area (Å²) in [4.78, 5) is 7.16. The molecule has 0 aliphatic carbocycles. The minimum absolute atomic E-state index is 0. The van der Waals surface area contributed by atoms with E-state index in [1.54, 1.807) is 6.26 Å². The molecule has 0 atom stereocenters. The van der Waals surface area contributed by atoms with Crippen molar-refractivity contribution >= 4 is 29.9 Å². The van der Waals surface area contributed by atoms with Crippen molar-refractivity contribution in [2.75, 3.05) is 39.3 Å². The molecular weight excluding hydrogens is 391 g/mol. The number of halogens is 1. The number of guanidine groups is 1. The average molecular weight is 420 g/mol. The number of nitrogens with zero attached hydrogens (tertiary/aromatic N) is 2. The number of hydrogen-bond donors (Lipinski definition) is 2. The first-order chi connectivity index (χ1) is 10.4. The molecule has 6 heteroatoms. The largest absolute Gasteiger partial charge is 0.469 e. The molecule has 0 bridgehead atoms. The van der Waals surface area contributed by atoms with Crippen LogP contribution in [0.1, 0.15) is 31.9 Å². The van der Waals surface area contributed by atoms with Gasteiger partial charge in [-0.25, -0.2) is 0 Å². The predicted octanol–water partition coefficient (Wildman–Crippen LogP) is 2.48. The topological polar surface area (TPSA) is 52.8 Å². The zero-order chi connectivity index (χ0) is 14.8. The van der Waals surface area contributed by atoms with Crippen LogP contribution < -0.4 is 10.6 Å². The van der Waals surface area contributed by atoms with E-state index in [4.69, 9.17) is 4.42 Å². The molecule has 0 spiro atoms. The van der Waals surface area contributed by atoms with Crippen molar-refractivity contribution in [1.82, 2.24) is 15.5 Å². The Bertz CT molecular complexity index is 402. The van der Waals surface area contributed by atoms with Gasteiger partial charge in [0.05, 0.1) is 12.8 Å². The molecule has 0 radical (unpaired) electrons. The van der Waals surface area contributed by atoms with Crippen LogP contribution in [0.5, 0.6) is 0 Å². The Morgan fingerprint density at radius 1 is 1.27 bits per heavy atom. The van der Waals surface area contributed by atoms with Crippen LogP contribution in [-0.2, 0) is 6.42 Å². The zero-order valence-corrected chi connectivity index (χ0v) is 15.8. The molecule has 126 valence electrons. The van der Waals surface area contributed by atoms with Crippen molar-refractivity contribution < 1.29 is 4.42 Å². The summed E-state index contributed by atoms with van der Waals surface area (Å²) in [6.45, 7) is 8.20. The minimum atomic E-state index is 0. The van der Waals surface area contributed by atoms with Gasteiger partial charge in [-0.2, -0.15) is 0 Å². The first-order valence-electron chi connectivity index (χ1n) is 8.15. The third kappa shape index (κ3) is 7.49. The predicted molar refractivity (Wildman–Crippen MR) is 102 cm³/mol. The Morgan fingerprint density at radius 2 is 2.09 bits per heavy atom. The van der Waals surface area contributed by atoms with Gasteiger partial charge in [-0.1, -0.05) is 6.42 Å². The van der Waals surface area contributed by atoms with Gasteiger partial charge in [0.25, 0.3) is 0 Å². The minimum Gasteiger partial charge on any atom is -0.469 e. The summed E-state index contributed by atoms with van der Waals surface area (Å²) in [6.07, 6.45) is 6.66. The molecule has 1 aromatic heterocycles. The summed E-state index contributed by atoms with van der Waals surface area (Å²) >= 11 is 0. The van der Waals surface area contributed by atoms with Crippen molar-refractivity contribution in [1.29, 1.82) is 0 Å². The number of rotatable bonds is 7. The Labute approximate surface area is 150 Å². The molecule has 0 amide bonds. The summed E-state index contributed by atoms with van der Waals surface area (Å²) in [5.41, 5.74) is 0. The highest BCUT2D eigenvalue weighted by atomic mass is 127. The van der Waals surface area contributed by atoms with Gasteiger partial charge in [0, 0.05) is 26.1 Å². The van der Waals surface area contributed by atoms with Gasteiger partial charge >= 0.3 is 0 Å². The van der Waals surface area contributed by atoms with Crippen LogP contribution in [0.15, 0.2) is 27.8 Å². The van der Waals surface area contributed by atoms with E-state index < -0.39 is 0 Å². The normalized spacial score (nSPS) is 16.1. The average Bonchev–Trinajstić information content (AvgIpc) is 3.02. The van der Waals surface area contributed by atoms with Crippen LogP contribution in [0.4, 0.5) is 0 Å². The third-order valence-electron chi connectivity index (χ3n) is 3.72. The molecule has 2 rings (SSSR count). The van der Waals surface area contributed by atoms with Crippen molar-refractivity contribution in [3.63, 3.8) is 0 Å². The number of piperidine rings is 1. The number of hydrogen-bond acceptors (Lipinski definition) is 3. The van der Waals surface area contributed by atoms with Gasteiger partial charge < -0.3 is 20.0 Å². The third-order valence-corrected chi connectivity index (χ3v) is 3.72. The van der Waals surface area contributed by atoms with Crippen LogP contribution in [0.3, 0.4) is 0 Å². The maximum absolute atomic E-state index is 5.33. The molecule has 2 heterocycles. The van der Waals surface area contributed by atoms with E-state index in [1.165, 1.54) is 32.4 Å². The second-order valence-electron chi connectivity index (χ2n) is 5.42. The fourth-order valence-electron chi connectivity index (χ4n) is 2.59. The molecule has 1 fully saturated rings. The lowest BCUT2D eigenvalue weighted by Crippen LogP contribution is -2.39. The Hall–Kier alpha value is -0.760. The second kappa shape index (κ2) is 11.8. The first-order valence-corrected chi connectivity index (χ1v) is 8.15. The van der Waals surface area contributed by atoms with Crippen LogP contribution >= 0.6 is 24.0 Å². The van der Waals surface area contributed by atoms with Gasteiger partial charge in [-0.05, 0) is 45.0 Å². The zero-order valence-electron chi connectivity index (χ0n) is 13.5. The van der Waals surface area contributed by atoms with Crippen molar-refractivity contribution in [2.24, 2.45) is 4.99 Å². The molecular formula is C16H29IN4O. The lowest BCUT2D eigenvalue weighted by molar-refractivity contribution is 0.235. The van der Waals surface area contributed by atoms with E-state index >= 15 is 0 Å². The maximum atomic E-state index is 5.33. The summed E-state index contributed by atoms with van der Waals surface area (Å²) in [7, 11) is 0. The summed E-state index contributed by atoms with van der Waals surface area (Å²) < 4.78 is 5.33. The first kappa shape index (κ1) is 19.3. The molecule has 2 N–H and O–H groups in total. The van der Waals surface area contributed by atoms with Crippen LogP contribution in [0.2, 0.25) is 0 Å². The monoisotopic (exact) mass is 420 g/mol. The number of furan rings is 1. The molecule has 1 aliphatic heterocycles. The van der Waals surface area contributed by atoms with Crippen LogP contribution in [0.25, 0.3) is 0 Å². The quantitative estimate of drug-likeness (QED) is 0.405. The highest BCUT2D eigenvalue weighted by Gasteiger charge is 2.08. The highest BCUT2D eigenvalue weighted by molar-refractivity contribution is 14.0. The van der Waals surface area contributed by atoms with E-state index in [9.17, 15) is 0 Å². The molecule has 1 saturated heterocycles. The lowest BCUT2D eigenvalue weighted by Gasteiger charge is -2.25. The van der Waals surface area contributed by atoms with Gasteiger partial charge in [0.1, 0.15) is 5.76 Å². The molecule has 1 aliphatic rings. The fourth-order valence-corrected chi connectivity index (χ4v) is 2.59.